The molecule has 2 aromatic rings. The summed E-state index contributed by atoms with van der Waals surface area (Å²) < 4.78 is 68.5. The van der Waals surface area contributed by atoms with E-state index in [9.17, 15) is 31.2 Å². The number of hydrogen-bond donors (Lipinski definition) is 3. The van der Waals surface area contributed by atoms with Crippen LogP contribution in [0.1, 0.15) is 46.8 Å². The van der Waals surface area contributed by atoms with Crippen LogP contribution >= 0.6 is 23.2 Å². The molecule has 0 saturated carbocycles. The molecule has 0 spiro atoms. The Morgan fingerprint density at radius 1 is 1.25 bits per heavy atom. The molecule has 1 saturated heterocycles. The lowest BCUT2D eigenvalue weighted by molar-refractivity contribution is -0.138. The summed E-state index contributed by atoms with van der Waals surface area (Å²) in [6.07, 6.45) is -5.08. The Morgan fingerprint density at radius 2 is 1.90 bits per heavy atom. The largest absolute Gasteiger partial charge is 0.465 e. The monoisotopic (exact) mass is 624 g/mol. The van der Waals surface area contributed by atoms with Gasteiger partial charge in [0, 0.05) is 31.2 Å². The number of nitrogens with one attached hydrogen (secondary N) is 1. The van der Waals surface area contributed by atoms with Crippen LogP contribution in [0.3, 0.4) is 0 Å². The normalized spacial score (nSPS) is 16.6. The number of benzene rings is 2. The molecular formula is C25H29Cl2F3N4O5S. The maximum atomic E-state index is 14.3. The maximum absolute atomic E-state index is 14.3. The average molecular weight is 625 g/mol. The first-order valence-corrected chi connectivity index (χ1v) is 14.6. The number of alkyl halides is 3. The van der Waals surface area contributed by atoms with Crippen molar-refractivity contribution in [2.24, 2.45) is 0 Å². The van der Waals surface area contributed by atoms with Gasteiger partial charge in [-0.1, -0.05) is 30.1 Å². The second-order valence-electron chi connectivity index (χ2n) is 9.54. The minimum absolute atomic E-state index is 0.115. The molecule has 0 aliphatic carbocycles. The van der Waals surface area contributed by atoms with Crippen molar-refractivity contribution in [3.05, 3.63) is 50.5 Å². The molecule has 15 heteroatoms. The number of aryl methyl sites for hydroxylation is 1. The van der Waals surface area contributed by atoms with Crippen LogP contribution in [0.2, 0.25) is 10.0 Å². The molecule has 1 atom stereocenters. The number of halogens is 5. The number of amides is 2. The van der Waals surface area contributed by atoms with E-state index in [0.717, 1.165) is 4.90 Å². The molecule has 3 rings (SSSR count). The summed E-state index contributed by atoms with van der Waals surface area (Å²) in [6, 6.07) is 2.78. The van der Waals surface area contributed by atoms with E-state index in [1.807, 2.05) is 0 Å². The van der Waals surface area contributed by atoms with E-state index in [-0.39, 0.29) is 45.6 Å². The van der Waals surface area contributed by atoms with Crippen LogP contribution in [-0.4, -0.2) is 62.4 Å². The summed E-state index contributed by atoms with van der Waals surface area (Å²) >= 11 is 12.5. The van der Waals surface area contributed by atoms with Gasteiger partial charge >= 0.3 is 12.3 Å². The first kappa shape index (κ1) is 31.8. The van der Waals surface area contributed by atoms with Crippen LogP contribution in [0.5, 0.6) is 0 Å². The summed E-state index contributed by atoms with van der Waals surface area (Å²) in [7, 11) is -2.65. The third kappa shape index (κ3) is 6.76. The van der Waals surface area contributed by atoms with E-state index in [1.54, 1.807) is 4.90 Å². The number of likely N-dealkylation sites (tertiary alicyclic amines) is 1. The maximum Gasteiger partial charge on any atom is 0.416 e. The van der Waals surface area contributed by atoms with Crippen molar-refractivity contribution in [1.82, 2.24) is 10.2 Å². The molecule has 1 aliphatic rings. The predicted octanol–water partition coefficient (Wildman–Crippen LogP) is 5.21. The molecule has 0 radical (unpaired) electrons. The number of piperidine rings is 1. The summed E-state index contributed by atoms with van der Waals surface area (Å²) in [5, 5.41) is 11.0. The van der Waals surface area contributed by atoms with Gasteiger partial charge in [0.1, 0.15) is 0 Å². The molecular weight excluding hydrogens is 596 g/mol. The molecule has 0 aromatic heterocycles. The van der Waals surface area contributed by atoms with Crippen LogP contribution in [-0.2, 0) is 22.6 Å². The molecule has 220 valence electrons. The molecule has 2 amide bonds. The van der Waals surface area contributed by atoms with Crippen molar-refractivity contribution >= 4 is 56.4 Å². The predicted molar refractivity (Wildman–Crippen MR) is 147 cm³/mol. The van der Waals surface area contributed by atoms with E-state index in [4.69, 9.17) is 34.0 Å². The second-order valence-corrected chi connectivity index (χ2v) is 12.6. The number of anilines is 2. The zero-order valence-corrected chi connectivity index (χ0v) is 24.2. The van der Waals surface area contributed by atoms with Gasteiger partial charge in [-0.05, 0) is 55.6 Å². The quantitative estimate of drug-likeness (QED) is 0.360. The van der Waals surface area contributed by atoms with Crippen LogP contribution in [0.25, 0.3) is 0 Å². The van der Waals surface area contributed by atoms with Gasteiger partial charge in [0.05, 0.1) is 38.2 Å². The van der Waals surface area contributed by atoms with Crippen molar-refractivity contribution in [2.75, 3.05) is 36.5 Å². The SMILES string of the molecule is CCS(=O)(=O)c1c(C)cc(Cl)cc1N(C)C(=O)c1cc(C(F)(F)F)c(CN2CCC[C@@H](NC(=O)O)C2)c(Cl)c1N. The number of nitrogen functional groups attached to an aromatic ring is 1. The Balaban J connectivity index is 2.09. The van der Waals surface area contributed by atoms with Crippen molar-refractivity contribution in [1.29, 1.82) is 0 Å². The third-order valence-corrected chi connectivity index (χ3v) is 9.30. The molecule has 0 bridgehead atoms. The van der Waals surface area contributed by atoms with Crippen molar-refractivity contribution in [2.45, 2.75) is 50.3 Å². The molecule has 1 aliphatic heterocycles. The minimum atomic E-state index is -4.92. The van der Waals surface area contributed by atoms with Crippen LogP contribution in [0.4, 0.5) is 29.3 Å². The highest BCUT2D eigenvalue weighted by atomic mass is 35.5. The molecule has 9 nitrogen and oxygen atoms in total. The Labute approximate surface area is 239 Å². The highest BCUT2D eigenvalue weighted by Gasteiger charge is 2.38. The van der Waals surface area contributed by atoms with Gasteiger partial charge in [-0.2, -0.15) is 13.2 Å². The number of rotatable bonds is 7. The van der Waals surface area contributed by atoms with E-state index in [0.29, 0.717) is 25.5 Å². The van der Waals surface area contributed by atoms with Gasteiger partial charge in [0.25, 0.3) is 5.91 Å². The lowest BCUT2D eigenvalue weighted by Gasteiger charge is -2.33. The van der Waals surface area contributed by atoms with Crippen LogP contribution in [0, 0.1) is 6.92 Å². The van der Waals surface area contributed by atoms with Crippen LogP contribution in [0.15, 0.2) is 23.1 Å². The lowest BCUT2D eigenvalue weighted by atomic mass is 9.98. The summed E-state index contributed by atoms with van der Waals surface area (Å²) in [4.78, 5) is 26.9. The van der Waals surface area contributed by atoms with Crippen molar-refractivity contribution in [3.8, 4) is 0 Å². The van der Waals surface area contributed by atoms with Gasteiger partial charge < -0.3 is 21.1 Å². The van der Waals surface area contributed by atoms with Gasteiger partial charge in [-0.15, -0.1) is 0 Å². The number of nitrogens with two attached hydrogens (primary N) is 1. The van der Waals surface area contributed by atoms with Gasteiger partial charge in [0.15, 0.2) is 9.84 Å². The number of sulfone groups is 1. The molecule has 1 fully saturated rings. The summed E-state index contributed by atoms with van der Waals surface area (Å²) in [6.45, 7) is 3.19. The highest BCUT2D eigenvalue weighted by molar-refractivity contribution is 7.91. The molecule has 0 unspecified atom stereocenters. The standard InChI is InChI=1S/C25H29Cl2F3N4O5S/c1-4-40(38,39)22-13(2)8-14(26)9-19(22)33(3)23(35)16-10-18(25(28,29)30)17(20(27)21(16)31)12-34-7-5-6-15(11-34)32-24(36)37/h8-10,15,32H,4-7,11-12,31H2,1-3H3,(H,36,37)/t15-/m1/s1. The smallest absolute Gasteiger partial charge is 0.416 e. The lowest BCUT2D eigenvalue weighted by Crippen LogP contribution is -2.47. The molecule has 4 N–H and O–H groups in total. The fourth-order valence-electron chi connectivity index (χ4n) is 4.81. The second kappa shape index (κ2) is 12.0. The van der Waals surface area contributed by atoms with E-state index >= 15 is 0 Å². The van der Waals surface area contributed by atoms with Crippen molar-refractivity contribution < 1.29 is 36.3 Å². The topological polar surface area (TPSA) is 133 Å². The van der Waals surface area contributed by atoms with Gasteiger partial charge in [-0.3, -0.25) is 9.69 Å². The Morgan fingerprint density at radius 3 is 2.48 bits per heavy atom. The Bertz CT molecular complexity index is 1440. The number of hydrogen-bond acceptors (Lipinski definition) is 6. The fourth-order valence-corrected chi connectivity index (χ4v) is 6.69. The Kier molecular flexibility index (Phi) is 9.55. The summed E-state index contributed by atoms with van der Waals surface area (Å²) in [5.74, 6) is -1.31. The Hall–Kier alpha value is -2.74. The molecule has 1 heterocycles. The van der Waals surface area contributed by atoms with Gasteiger partial charge in [0.2, 0.25) is 0 Å². The number of carboxylic acid groups (broad SMARTS) is 1. The number of carbonyl (C=O) groups is 2. The third-order valence-electron chi connectivity index (χ3n) is 6.73. The average Bonchev–Trinajstić information content (AvgIpc) is 2.84. The fraction of sp³-hybridized carbons (Fsp3) is 0.440. The minimum Gasteiger partial charge on any atom is -0.465 e. The molecule has 40 heavy (non-hydrogen) atoms. The number of nitrogens with zero attached hydrogens (tertiary/aromatic N) is 2. The number of carbonyl (C=O) groups excluding carboxylic acids is 1. The van der Waals surface area contributed by atoms with E-state index in [2.05, 4.69) is 5.32 Å². The highest BCUT2D eigenvalue weighted by Crippen LogP contribution is 2.41. The van der Waals surface area contributed by atoms with Crippen LogP contribution < -0.4 is 16.0 Å². The van der Waals surface area contributed by atoms with E-state index in [1.165, 1.54) is 33.0 Å². The van der Waals surface area contributed by atoms with Gasteiger partial charge in [-0.25, -0.2) is 13.2 Å². The zero-order chi connectivity index (χ0) is 30.2. The van der Waals surface area contributed by atoms with Crippen molar-refractivity contribution in [3.63, 3.8) is 0 Å². The summed E-state index contributed by atoms with van der Waals surface area (Å²) in [5.41, 5.74) is 3.77. The zero-order valence-electron chi connectivity index (χ0n) is 21.9. The van der Waals surface area contributed by atoms with E-state index < -0.39 is 55.9 Å². The molecule has 2 aromatic carbocycles. The first-order valence-electron chi connectivity index (χ1n) is 12.2. The first-order chi connectivity index (χ1) is 18.5.